The normalized spacial score (nSPS) is 19.9. The maximum absolute atomic E-state index is 14.5. The number of rotatable bonds is 30. The molecule has 3 aliphatic heterocycles. The average molecular weight is 1270 g/mol. The number of carbonyl (C=O) groups excluding carboxylic acids is 12. The van der Waals surface area contributed by atoms with E-state index in [1.54, 1.807) is 6.92 Å². The third-order valence-electron chi connectivity index (χ3n) is 14.9. The minimum absolute atomic E-state index is 0.0243. The maximum Gasteiger partial charge on any atom is 0.404 e. The molecule has 15 N–H and O–H groups in total. The highest BCUT2D eigenvalue weighted by Crippen LogP contribution is 2.53. The quantitative estimate of drug-likeness (QED) is 0.00758. The van der Waals surface area contributed by atoms with E-state index in [9.17, 15) is 72.2 Å². The number of H-pyrrole nitrogens is 1. The summed E-state index contributed by atoms with van der Waals surface area (Å²) in [5, 5.41) is 31.4. The van der Waals surface area contributed by atoms with E-state index in [1.165, 1.54) is 56.5 Å². The van der Waals surface area contributed by atoms with E-state index >= 15 is 0 Å². The van der Waals surface area contributed by atoms with Gasteiger partial charge in [0.1, 0.15) is 43.8 Å². The third-order valence-corrected chi connectivity index (χ3v) is 16.2. The van der Waals surface area contributed by atoms with Crippen molar-refractivity contribution in [2.24, 2.45) is 17.4 Å². The molecule has 4 aliphatic rings. The highest BCUT2D eigenvalue weighted by atomic mass is 32.2. The minimum atomic E-state index is -2.02. The number of ketones is 2. The van der Waals surface area contributed by atoms with Crippen molar-refractivity contribution < 1.29 is 81.6 Å². The Hall–Kier alpha value is -10.4. The van der Waals surface area contributed by atoms with Gasteiger partial charge >= 0.3 is 12.1 Å². The summed E-state index contributed by atoms with van der Waals surface area (Å²) in [6.45, 7) is 1.51. The number of carboxylic acid groups (broad SMARTS) is 1. The molecule has 36 heteroatoms. The zero-order valence-corrected chi connectivity index (χ0v) is 49.6. The van der Waals surface area contributed by atoms with Crippen molar-refractivity contribution in [2.45, 2.75) is 100 Å². The van der Waals surface area contributed by atoms with Crippen LogP contribution < -0.4 is 54.7 Å². The Bertz CT molecular complexity index is 3560. The summed E-state index contributed by atoms with van der Waals surface area (Å²) in [5.41, 5.74) is 16.3. The topological polar surface area (TPSA) is 525 Å². The largest absolute Gasteiger partial charge is 0.492 e. The first-order valence-corrected chi connectivity index (χ1v) is 28.7. The van der Waals surface area contributed by atoms with Crippen molar-refractivity contribution in [3.8, 4) is 0 Å². The Morgan fingerprint density at radius 1 is 0.944 bits per heavy atom. The molecule has 7 rings (SSSR count). The molecule has 8 amide bonds. The fraction of sp³-hybridized carbons (Fsp3) is 0.444. The van der Waals surface area contributed by atoms with Crippen LogP contribution in [0.4, 0.5) is 16.4 Å². The Labute approximate surface area is 514 Å². The first-order valence-electron chi connectivity index (χ1n) is 27.7. The number of aliphatic carboxylic acids is 1. The number of guanidine groups is 1. The lowest BCUT2D eigenvalue weighted by molar-refractivity contribution is -0.214. The van der Waals surface area contributed by atoms with Gasteiger partial charge in [-0.25, -0.2) is 19.6 Å². The van der Waals surface area contributed by atoms with Gasteiger partial charge in [-0.05, 0) is 57.4 Å². The van der Waals surface area contributed by atoms with Crippen molar-refractivity contribution in [1.29, 1.82) is 5.41 Å². The number of thioether (sulfide) groups is 1. The van der Waals surface area contributed by atoms with Gasteiger partial charge in [0.05, 0.1) is 54.5 Å². The summed E-state index contributed by atoms with van der Waals surface area (Å²) in [6, 6.07) is -1.08. The number of benzene rings is 1. The number of likely N-dealkylation sites (tertiary alicyclic amines) is 1. The number of hydrogen-bond acceptors (Lipinski definition) is 25. The number of nitrogens with zero attached hydrogens (tertiary/aromatic N) is 6. The van der Waals surface area contributed by atoms with E-state index in [0.29, 0.717) is 28.9 Å². The summed E-state index contributed by atoms with van der Waals surface area (Å²) >= 11 is 0.770. The summed E-state index contributed by atoms with van der Waals surface area (Å²) in [4.78, 5) is 202. The van der Waals surface area contributed by atoms with Gasteiger partial charge in [0, 0.05) is 67.6 Å². The molecular weight excluding hydrogens is 1210 g/mol. The van der Waals surface area contributed by atoms with Gasteiger partial charge < -0.3 is 82.9 Å². The number of aromatic amines is 1. The minimum Gasteiger partial charge on any atom is -0.492 e. The molecule has 1 aliphatic carbocycles. The molecule has 35 nitrogen and oxygen atoms in total. The number of amides is 8. The molecule has 1 aromatic carbocycles. The monoisotopic (exact) mass is 1270 g/mol. The molecule has 8 atom stereocenters. The number of allylic oxidation sites excluding steroid dienone is 2. The highest BCUT2D eigenvalue weighted by Gasteiger charge is 2.68. The number of imide groups is 1. The number of primary amides is 1. The van der Waals surface area contributed by atoms with Crippen molar-refractivity contribution in [3.05, 3.63) is 74.7 Å². The zero-order chi connectivity index (χ0) is 65.9. The number of nitrogens with one attached hydrogen (secondary N) is 8. The number of Topliss-reactive ketones (excluding diaryl/α,β-unsaturated/α-hetero) is 2. The lowest BCUT2D eigenvalue weighted by Crippen LogP contribution is -2.62. The van der Waals surface area contributed by atoms with Crippen LogP contribution >= 0.6 is 11.8 Å². The predicted octanol–water partition coefficient (Wildman–Crippen LogP) is -3.88. The summed E-state index contributed by atoms with van der Waals surface area (Å²) in [6.07, 6.45) is -1.45. The van der Waals surface area contributed by atoms with Gasteiger partial charge in [-0.15, -0.1) is 11.8 Å². The van der Waals surface area contributed by atoms with Gasteiger partial charge in [0.15, 0.2) is 22.9 Å². The molecule has 2 fully saturated rings. The molecule has 480 valence electrons. The van der Waals surface area contributed by atoms with Crippen molar-refractivity contribution in [2.75, 3.05) is 57.3 Å². The van der Waals surface area contributed by atoms with E-state index in [-0.39, 0.29) is 83.5 Å². The Morgan fingerprint density at radius 2 is 1.66 bits per heavy atom. The lowest BCUT2D eigenvalue weighted by atomic mass is 9.85. The number of methoxy groups -OCH3 is 2. The molecule has 2 saturated heterocycles. The van der Waals surface area contributed by atoms with Gasteiger partial charge in [0.25, 0.3) is 11.5 Å². The molecule has 90 heavy (non-hydrogen) atoms. The molecule has 0 spiro atoms. The first-order chi connectivity index (χ1) is 42.8. The summed E-state index contributed by atoms with van der Waals surface area (Å²) < 4.78 is 16.4. The molecule has 5 heterocycles. The SMILES string of the molecule is COC1=C(C)C(=O)C2=C(C1=O)[C@H](COC(N)=O)[C@@]1(OC)N2C[C@H](C)N1C(=O)CN1C(=O)CC(SC[C@H](C=O)NC(=O)[C@@H](CC=O)NC(=O)[C@@H](CCCNC(=N)N)NC(=O)CC[C@@H](NC(=O)c2ccc(NCc3cnc4nc(N)[nH]c(=O)c4n3)cc2)C(=O)O)C1=O. The second kappa shape index (κ2) is 29.1. The van der Waals surface area contributed by atoms with Gasteiger partial charge in [-0.2, -0.15) is 4.98 Å². The highest BCUT2D eigenvalue weighted by molar-refractivity contribution is 8.00. The smallest absolute Gasteiger partial charge is 0.404 e. The number of aldehydes is 2. The zero-order valence-electron chi connectivity index (χ0n) is 48.8. The van der Waals surface area contributed by atoms with Crippen LogP contribution in [0, 0.1) is 11.3 Å². The Morgan fingerprint density at radius 3 is 2.30 bits per heavy atom. The summed E-state index contributed by atoms with van der Waals surface area (Å²) in [7, 11) is 2.38. The lowest BCUT2D eigenvalue weighted by Gasteiger charge is -2.44. The van der Waals surface area contributed by atoms with Crippen LogP contribution in [0.25, 0.3) is 11.2 Å². The second-order valence-corrected chi connectivity index (χ2v) is 22.1. The van der Waals surface area contributed by atoms with E-state index in [2.05, 4.69) is 51.8 Å². The van der Waals surface area contributed by atoms with Crippen molar-refractivity contribution >= 4 is 118 Å². The Balaban J connectivity index is 0.928. The van der Waals surface area contributed by atoms with E-state index in [4.69, 9.17) is 36.8 Å². The molecule has 0 radical (unpaired) electrons. The number of nitrogen functional groups attached to an aromatic ring is 1. The van der Waals surface area contributed by atoms with Crippen LogP contribution in [0.2, 0.25) is 0 Å². The molecule has 3 aromatic rings. The molecule has 0 saturated carbocycles. The fourth-order valence-corrected chi connectivity index (χ4v) is 11.8. The number of nitrogens with two attached hydrogens (primary N) is 3. The number of anilines is 2. The third kappa shape index (κ3) is 14.8. The molecule has 2 aromatic heterocycles. The molecular formula is C54H65N17O18S. The van der Waals surface area contributed by atoms with E-state index in [1.807, 2.05) is 0 Å². The van der Waals surface area contributed by atoms with E-state index in [0.717, 1.165) is 16.7 Å². The van der Waals surface area contributed by atoms with Gasteiger partial charge in [0.2, 0.25) is 58.8 Å². The van der Waals surface area contributed by atoms with Crippen LogP contribution in [0.3, 0.4) is 0 Å². The van der Waals surface area contributed by atoms with Crippen LogP contribution in [-0.2, 0) is 73.5 Å². The number of hydrogen-bond donors (Lipinski definition) is 12. The standard InChI is InChI=1S/C54H65N17O18S/c1-24-19-70-40-38(42(78)43(87-3)25(2)41(40)77)30(22-89-53(58)86)54(70,88-4)71(24)37(76)20-69-36(75)16-34(49(69)83)90-23-29(21-73)63-46(80)32(13-15-72)65-47(81)31(6-5-14-59-51(55)56)64-35(74)12-11-33(50(84)85)66-45(79)26-7-9-27(10-8-26)60-17-28-18-61-44-39(62-28)48(82)68-52(57)67-44/h7-10,15,18,21,24,29-34,60H,5-6,11-14,16-17,19-20,22-23H2,1-4H3,(H2,58,86)(H,63,80)(H,64,74)(H,65,81)(H,66,79)(H,84,85)(H4,55,56,59)(H3,57,61,67,68,82)/t24-,29-,30-,31+,32+,33+,34?,54+/m0/s1. The summed E-state index contributed by atoms with van der Waals surface area (Å²) in [5.74, 6) is -13.6. The van der Waals surface area contributed by atoms with Crippen molar-refractivity contribution in [3.63, 3.8) is 0 Å². The number of carbonyl (C=O) groups is 13. The van der Waals surface area contributed by atoms with Crippen LogP contribution in [0.5, 0.6) is 0 Å². The number of fused-ring (bicyclic) bond motifs is 3. The van der Waals surface area contributed by atoms with E-state index < -0.39 is 163 Å². The average Bonchev–Trinajstić information content (AvgIpc) is 1.52. The molecule has 0 bridgehead atoms. The maximum atomic E-state index is 14.5. The Kier molecular flexibility index (Phi) is 21.7. The first kappa shape index (κ1) is 67.1. The van der Waals surface area contributed by atoms with Crippen LogP contribution in [0.1, 0.15) is 68.4 Å². The van der Waals surface area contributed by atoms with Gasteiger partial charge in [-0.3, -0.25) is 68.1 Å². The predicted molar refractivity (Wildman–Crippen MR) is 312 cm³/mol. The molecule has 1 unspecified atom stereocenters. The fourth-order valence-electron chi connectivity index (χ4n) is 10.7. The number of carboxylic acids is 1. The van der Waals surface area contributed by atoms with Crippen LogP contribution in [-0.4, -0.2) is 211 Å². The van der Waals surface area contributed by atoms with Crippen LogP contribution in [0.15, 0.2) is 57.9 Å². The number of ether oxygens (including phenoxy) is 3. The van der Waals surface area contributed by atoms with Gasteiger partial charge in [-0.1, -0.05) is 0 Å². The number of aromatic nitrogens is 4. The second-order valence-electron chi connectivity index (χ2n) is 20.8. The van der Waals surface area contributed by atoms with Crippen molar-refractivity contribution in [1.82, 2.24) is 61.2 Å².